The van der Waals surface area contributed by atoms with Gasteiger partial charge in [0.05, 0.1) is 4.88 Å². The molecular formula is C22H29N3O2S. The topological polar surface area (TPSA) is 61.4 Å². The summed E-state index contributed by atoms with van der Waals surface area (Å²) in [6.07, 6.45) is 4.22. The minimum atomic E-state index is -0.587. The molecule has 2 atom stereocenters. The number of carbonyl (C=O) groups excluding carboxylic acids is 2. The molecule has 1 aromatic heterocycles. The van der Waals surface area contributed by atoms with E-state index in [0.717, 1.165) is 18.7 Å². The minimum Gasteiger partial charge on any atom is -0.353 e. The Morgan fingerprint density at radius 3 is 2.71 bits per heavy atom. The number of piperidine rings is 1. The monoisotopic (exact) mass is 399 g/mol. The van der Waals surface area contributed by atoms with Gasteiger partial charge < -0.3 is 10.6 Å². The summed E-state index contributed by atoms with van der Waals surface area (Å²) in [4.78, 5) is 28.4. The highest BCUT2D eigenvalue weighted by Gasteiger charge is 2.23. The number of hydrogen-bond acceptors (Lipinski definition) is 4. The molecule has 2 N–H and O–H groups in total. The molecule has 2 unspecified atom stereocenters. The molecule has 150 valence electrons. The zero-order valence-corrected chi connectivity index (χ0v) is 17.2. The molecule has 0 saturated carbocycles. The number of nitrogens with one attached hydrogen (secondary N) is 2. The van der Waals surface area contributed by atoms with Crippen LogP contribution in [-0.2, 0) is 11.2 Å². The summed E-state index contributed by atoms with van der Waals surface area (Å²) in [5.74, 6) is -0.325. The highest BCUT2D eigenvalue weighted by Crippen LogP contribution is 2.15. The SMILES string of the molecule is CC1CCCCN1CCNC(=O)C(Cc1ccccc1)NC(=O)c1cccs1. The second-order valence-electron chi connectivity index (χ2n) is 7.36. The number of carbonyl (C=O) groups is 2. The Kier molecular flexibility index (Phi) is 7.62. The molecule has 0 aliphatic carbocycles. The van der Waals surface area contributed by atoms with Crippen molar-refractivity contribution in [2.75, 3.05) is 19.6 Å². The third-order valence-electron chi connectivity index (χ3n) is 5.29. The Morgan fingerprint density at radius 1 is 1.18 bits per heavy atom. The highest BCUT2D eigenvalue weighted by atomic mass is 32.1. The summed E-state index contributed by atoms with van der Waals surface area (Å²) in [5, 5.41) is 7.80. The third-order valence-corrected chi connectivity index (χ3v) is 6.16. The van der Waals surface area contributed by atoms with Crippen LogP contribution in [0.15, 0.2) is 47.8 Å². The fraction of sp³-hybridized carbons (Fsp3) is 0.455. The Balaban J connectivity index is 1.58. The first kappa shape index (κ1) is 20.6. The van der Waals surface area contributed by atoms with Crippen LogP contribution in [0, 0.1) is 0 Å². The second-order valence-corrected chi connectivity index (χ2v) is 8.31. The fourth-order valence-corrected chi connectivity index (χ4v) is 4.26. The van der Waals surface area contributed by atoms with Gasteiger partial charge in [0.1, 0.15) is 6.04 Å². The van der Waals surface area contributed by atoms with Crippen LogP contribution in [0.3, 0.4) is 0 Å². The average Bonchev–Trinajstić information content (AvgIpc) is 3.24. The molecular weight excluding hydrogens is 370 g/mol. The molecule has 0 radical (unpaired) electrons. The van der Waals surface area contributed by atoms with Crippen molar-refractivity contribution in [1.82, 2.24) is 15.5 Å². The average molecular weight is 400 g/mol. The molecule has 0 bridgehead atoms. The van der Waals surface area contributed by atoms with Crippen LogP contribution in [0.4, 0.5) is 0 Å². The molecule has 3 rings (SSSR count). The summed E-state index contributed by atoms with van der Waals surface area (Å²) in [5.41, 5.74) is 1.03. The van der Waals surface area contributed by atoms with E-state index in [1.807, 2.05) is 41.8 Å². The molecule has 1 aliphatic heterocycles. The summed E-state index contributed by atoms with van der Waals surface area (Å²) < 4.78 is 0. The van der Waals surface area contributed by atoms with Gasteiger partial charge in [-0.05, 0) is 43.3 Å². The molecule has 1 aliphatic rings. The lowest BCUT2D eigenvalue weighted by Gasteiger charge is -2.33. The largest absolute Gasteiger partial charge is 0.353 e. The molecule has 1 saturated heterocycles. The zero-order chi connectivity index (χ0) is 19.8. The molecule has 2 aromatic rings. The van der Waals surface area contributed by atoms with Gasteiger partial charge in [-0.2, -0.15) is 0 Å². The predicted octanol–water partition coefficient (Wildman–Crippen LogP) is 3.08. The first-order valence-electron chi connectivity index (χ1n) is 10.0. The van der Waals surface area contributed by atoms with Crippen molar-refractivity contribution in [1.29, 1.82) is 0 Å². The van der Waals surface area contributed by atoms with Crippen LogP contribution in [-0.4, -0.2) is 48.4 Å². The smallest absolute Gasteiger partial charge is 0.262 e. The number of rotatable bonds is 8. The van der Waals surface area contributed by atoms with E-state index in [1.165, 1.54) is 30.6 Å². The third kappa shape index (κ3) is 5.91. The van der Waals surface area contributed by atoms with Crippen molar-refractivity contribution >= 4 is 23.2 Å². The lowest BCUT2D eigenvalue weighted by atomic mass is 10.0. The van der Waals surface area contributed by atoms with E-state index >= 15 is 0 Å². The number of thiophene rings is 1. The molecule has 2 amide bonds. The molecule has 1 aromatic carbocycles. The van der Waals surface area contributed by atoms with E-state index in [9.17, 15) is 9.59 Å². The number of amides is 2. The van der Waals surface area contributed by atoms with Crippen LogP contribution in [0.5, 0.6) is 0 Å². The van der Waals surface area contributed by atoms with Gasteiger partial charge in [-0.15, -0.1) is 11.3 Å². The number of likely N-dealkylation sites (tertiary alicyclic amines) is 1. The Bertz CT molecular complexity index is 748. The molecule has 2 heterocycles. The van der Waals surface area contributed by atoms with E-state index in [0.29, 0.717) is 23.9 Å². The van der Waals surface area contributed by atoms with Gasteiger partial charge >= 0.3 is 0 Å². The van der Waals surface area contributed by atoms with Gasteiger partial charge in [0.25, 0.3) is 5.91 Å². The van der Waals surface area contributed by atoms with E-state index in [1.54, 1.807) is 6.07 Å². The summed E-state index contributed by atoms with van der Waals surface area (Å²) in [6, 6.07) is 13.4. The van der Waals surface area contributed by atoms with E-state index in [-0.39, 0.29) is 11.8 Å². The highest BCUT2D eigenvalue weighted by molar-refractivity contribution is 7.12. The normalized spacial score (nSPS) is 18.4. The number of nitrogens with zero attached hydrogens (tertiary/aromatic N) is 1. The lowest BCUT2D eigenvalue weighted by molar-refractivity contribution is -0.123. The van der Waals surface area contributed by atoms with Gasteiger partial charge in [-0.1, -0.05) is 42.8 Å². The maximum absolute atomic E-state index is 12.8. The van der Waals surface area contributed by atoms with Crippen LogP contribution >= 0.6 is 11.3 Å². The van der Waals surface area contributed by atoms with Crippen LogP contribution < -0.4 is 10.6 Å². The van der Waals surface area contributed by atoms with Gasteiger partial charge in [-0.25, -0.2) is 0 Å². The van der Waals surface area contributed by atoms with Gasteiger partial charge in [0, 0.05) is 25.6 Å². The van der Waals surface area contributed by atoms with Crippen molar-refractivity contribution < 1.29 is 9.59 Å². The lowest BCUT2D eigenvalue weighted by Crippen LogP contribution is -2.50. The summed E-state index contributed by atoms with van der Waals surface area (Å²) >= 11 is 1.38. The summed E-state index contributed by atoms with van der Waals surface area (Å²) in [6.45, 7) is 4.80. The van der Waals surface area contributed by atoms with Crippen molar-refractivity contribution in [3.8, 4) is 0 Å². The maximum Gasteiger partial charge on any atom is 0.262 e. The fourth-order valence-electron chi connectivity index (χ4n) is 3.63. The standard InChI is InChI=1S/C22H29N3O2S/c1-17-8-5-6-13-25(17)14-12-23-21(26)19(16-18-9-3-2-4-10-18)24-22(27)20-11-7-15-28-20/h2-4,7,9-11,15,17,19H,5-6,8,12-14,16H2,1H3,(H,23,26)(H,24,27). The summed E-state index contributed by atoms with van der Waals surface area (Å²) in [7, 11) is 0. The van der Waals surface area contributed by atoms with Crippen LogP contribution in [0.25, 0.3) is 0 Å². The number of benzene rings is 1. The Hall–Kier alpha value is -2.18. The van der Waals surface area contributed by atoms with Gasteiger partial charge in [-0.3, -0.25) is 14.5 Å². The van der Waals surface area contributed by atoms with Gasteiger partial charge in [0.2, 0.25) is 5.91 Å². The van der Waals surface area contributed by atoms with Crippen LogP contribution in [0.2, 0.25) is 0 Å². The van der Waals surface area contributed by atoms with E-state index in [4.69, 9.17) is 0 Å². The molecule has 5 nitrogen and oxygen atoms in total. The first-order valence-corrected chi connectivity index (χ1v) is 10.9. The Labute approximate surface area is 171 Å². The van der Waals surface area contributed by atoms with Gasteiger partial charge in [0.15, 0.2) is 0 Å². The molecule has 28 heavy (non-hydrogen) atoms. The van der Waals surface area contributed by atoms with Crippen molar-refractivity contribution in [2.45, 2.75) is 44.7 Å². The van der Waals surface area contributed by atoms with Crippen molar-refractivity contribution in [3.05, 3.63) is 58.3 Å². The van der Waals surface area contributed by atoms with Crippen molar-refractivity contribution in [3.63, 3.8) is 0 Å². The quantitative estimate of drug-likeness (QED) is 0.717. The molecule has 1 fully saturated rings. The van der Waals surface area contributed by atoms with E-state index < -0.39 is 6.04 Å². The number of hydrogen-bond donors (Lipinski definition) is 2. The molecule has 6 heteroatoms. The maximum atomic E-state index is 12.8. The second kappa shape index (κ2) is 10.4. The minimum absolute atomic E-state index is 0.126. The van der Waals surface area contributed by atoms with E-state index in [2.05, 4.69) is 22.5 Å². The van der Waals surface area contributed by atoms with Crippen molar-refractivity contribution in [2.24, 2.45) is 0 Å². The van der Waals surface area contributed by atoms with Crippen LogP contribution in [0.1, 0.15) is 41.4 Å². The molecule has 0 spiro atoms. The zero-order valence-electron chi connectivity index (χ0n) is 16.4. The first-order chi connectivity index (χ1) is 13.6. The Morgan fingerprint density at radius 2 is 2.00 bits per heavy atom. The predicted molar refractivity (Wildman–Crippen MR) is 114 cm³/mol.